The zero-order valence-corrected chi connectivity index (χ0v) is 18.1. The highest BCUT2D eigenvalue weighted by Crippen LogP contribution is 2.16. The van der Waals surface area contributed by atoms with Gasteiger partial charge in [0.15, 0.2) is 11.7 Å². The molecule has 0 saturated heterocycles. The summed E-state index contributed by atoms with van der Waals surface area (Å²) in [5, 5.41) is 10.7. The molecule has 0 aromatic carbocycles. The van der Waals surface area contributed by atoms with Gasteiger partial charge in [0, 0.05) is 35.3 Å². The summed E-state index contributed by atoms with van der Waals surface area (Å²) < 4.78 is 5.33. The summed E-state index contributed by atoms with van der Waals surface area (Å²) in [5.41, 5.74) is 0.978. The summed E-state index contributed by atoms with van der Waals surface area (Å²) in [5.74, 6) is 1.96. The van der Waals surface area contributed by atoms with Crippen molar-refractivity contribution in [2.24, 2.45) is 4.99 Å². The molecule has 134 valence electrons. The highest BCUT2D eigenvalue weighted by atomic mass is 127. The molecule has 2 aromatic rings. The van der Waals surface area contributed by atoms with Crippen molar-refractivity contribution in [3.05, 3.63) is 39.4 Å². The molecule has 0 radical (unpaired) electrons. The van der Waals surface area contributed by atoms with Gasteiger partial charge in [-0.25, -0.2) is 0 Å². The number of hydrogen-bond donors (Lipinski definition) is 2. The lowest BCUT2D eigenvalue weighted by Crippen LogP contribution is -2.42. The van der Waals surface area contributed by atoms with Crippen molar-refractivity contribution < 1.29 is 4.52 Å². The third kappa shape index (κ3) is 6.43. The third-order valence-electron chi connectivity index (χ3n) is 3.51. The molecule has 2 heterocycles. The first-order valence-electron chi connectivity index (χ1n) is 7.96. The maximum absolute atomic E-state index is 5.33. The predicted octanol–water partition coefficient (Wildman–Crippen LogP) is 4.08. The van der Waals surface area contributed by atoms with Gasteiger partial charge in [-0.05, 0) is 31.9 Å². The van der Waals surface area contributed by atoms with E-state index in [0.717, 1.165) is 23.8 Å². The number of nitrogens with zero attached hydrogens (tertiary/aromatic N) is 2. The summed E-state index contributed by atoms with van der Waals surface area (Å²) in [6.07, 6.45) is 0.985. The average Bonchev–Trinajstić information content (AvgIpc) is 3.12. The first-order chi connectivity index (χ1) is 11.0. The highest BCUT2D eigenvalue weighted by molar-refractivity contribution is 14.0. The standard InChI is InChI=1S/C17H26N4OS.HI/c1-11(2)16-9-14(22-21-16)10-19-17(18-5)20-12(3)8-15-7-6-13(4)23-15;/h6-7,9,11-12H,8,10H2,1-5H3,(H2,18,19,20);1H. The fourth-order valence-corrected chi connectivity index (χ4v) is 3.25. The maximum Gasteiger partial charge on any atom is 0.191 e. The van der Waals surface area contributed by atoms with E-state index in [4.69, 9.17) is 4.52 Å². The van der Waals surface area contributed by atoms with E-state index in [1.54, 1.807) is 7.05 Å². The fraction of sp³-hybridized carbons (Fsp3) is 0.529. The molecule has 2 rings (SSSR count). The Hall–Kier alpha value is -1.09. The van der Waals surface area contributed by atoms with Gasteiger partial charge in [-0.15, -0.1) is 35.3 Å². The first-order valence-corrected chi connectivity index (χ1v) is 8.77. The average molecular weight is 462 g/mol. The van der Waals surface area contributed by atoms with E-state index < -0.39 is 0 Å². The second-order valence-corrected chi connectivity index (χ2v) is 7.43. The molecule has 5 nitrogen and oxygen atoms in total. The number of guanidine groups is 1. The van der Waals surface area contributed by atoms with Crippen molar-refractivity contribution in [3.8, 4) is 0 Å². The van der Waals surface area contributed by atoms with Gasteiger partial charge in [0.25, 0.3) is 0 Å². The van der Waals surface area contributed by atoms with Gasteiger partial charge in [-0.2, -0.15) is 0 Å². The van der Waals surface area contributed by atoms with E-state index in [-0.39, 0.29) is 24.0 Å². The molecule has 0 bridgehead atoms. The van der Waals surface area contributed by atoms with E-state index in [2.05, 4.69) is 60.6 Å². The summed E-state index contributed by atoms with van der Waals surface area (Å²) >= 11 is 1.84. The van der Waals surface area contributed by atoms with Gasteiger partial charge in [-0.1, -0.05) is 19.0 Å². The van der Waals surface area contributed by atoms with Crippen LogP contribution in [-0.2, 0) is 13.0 Å². The van der Waals surface area contributed by atoms with Crippen molar-refractivity contribution in [3.63, 3.8) is 0 Å². The lowest BCUT2D eigenvalue weighted by molar-refractivity contribution is 0.371. The first kappa shape index (κ1) is 21.0. The van der Waals surface area contributed by atoms with Crippen molar-refractivity contribution in [1.82, 2.24) is 15.8 Å². The number of thiophene rings is 1. The molecule has 0 spiro atoms. The van der Waals surface area contributed by atoms with Gasteiger partial charge in [0.2, 0.25) is 0 Å². The molecule has 2 N–H and O–H groups in total. The largest absolute Gasteiger partial charge is 0.359 e. The van der Waals surface area contributed by atoms with Gasteiger partial charge in [0.1, 0.15) is 0 Å². The molecule has 0 fully saturated rings. The van der Waals surface area contributed by atoms with Crippen LogP contribution in [0.1, 0.15) is 47.9 Å². The van der Waals surface area contributed by atoms with Gasteiger partial charge < -0.3 is 15.2 Å². The Morgan fingerprint density at radius 3 is 2.62 bits per heavy atom. The Kier molecular flexibility index (Phi) is 8.75. The Morgan fingerprint density at radius 1 is 1.33 bits per heavy atom. The van der Waals surface area contributed by atoms with Crippen LogP contribution in [0.4, 0.5) is 0 Å². The Balaban J connectivity index is 0.00000288. The monoisotopic (exact) mass is 462 g/mol. The minimum atomic E-state index is 0. The zero-order chi connectivity index (χ0) is 16.8. The zero-order valence-electron chi connectivity index (χ0n) is 14.9. The number of aromatic nitrogens is 1. The lowest BCUT2D eigenvalue weighted by atomic mass is 10.1. The maximum atomic E-state index is 5.33. The molecular weight excluding hydrogens is 435 g/mol. The number of aryl methyl sites for hydroxylation is 1. The molecule has 0 aliphatic carbocycles. The molecular formula is C17H27IN4OS. The fourth-order valence-electron chi connectivity index (χ4n) is 2.23. The Morgan fingerprint density at radius 2 is 2.08 bits per heavy atom. The predicted molar refractivity (Wildman–Crippen MR) is 112 cm³/mol. The normalized spacial score (nSPS) is 12.8. The number of nitrogens with one attached hydrogen (secondary N) is 2. The second-order valence-electron chi connectivity index (χ2n) is 6.06. The molecule has 0 saturated carbocycles. The molecule has 1 atom stereocenters. The van der Waals surface area contributed by atoms with Crippen molar-refractivity contribution in [2.45, 2.75) is 52.6 Å². The smallest absolute Gasteiger partial charge is 0.191 e. The second kappa shape index (κ2) is 10.0. The van der Waals surface area contributed by atoms with E-state index in [9.17, 15) is 0 Å². The molecule has 7 heteroatoms. The minimum Gasteiger partial charge on any atom is -0.359 e. The van der Waals surface area contributed by atoms with Gasteiger partial charge in [0.05, 0.1) is 12.2 Å². The van der Waals surface area contributed by atoms with Gasteiger partial charge in [-0.3, -0.25) is 4.99 Å². The molecule has 1 unspecified atom stereocenters. The summed E-state index contributed by atoms with van der Waals surface area (Å²) in [7, 11) is 1.78. The molecule has 24 heavy (non-hydrogen) atoms. The molecule has 0 aliphatic rings. The van der Waals surface area contributed by atoms with Crippen LogP contribution in [0.15, 0.2) is 27.7 Å². The van der Waals surface area contributed by atoms with Crippen LogP contribution < -0.4 is 10.6 Å². The topological polar surface area (TPSA) is 62.5 Å². The van der Waals surface area contributed by atoms with Crippen LogP contribution >= 0.6 is 35.3 Å². The number of rotatable bonds is 6. The summed E-state index contributed by atoms with van der Waals surface area (Å²) in [4.78, 5) is 7.00. The van der Waals surface area contributed by atoms with Crippen LogP contribution in [0.3, 0.4) is 0 Å². The van der Waals surface area contributed by atoms with E-state index in [1.165, 1.54) is 9.75 Å². The van der Waals surface area contributed by atoms with Gasteiger partial charge >= 0.3 is 0 Å². The van der Waals surface area contributed by atoms with E-state index in [0.29, 0.717) is 18.5 Å². The summed E-state index contributed by atoms with van der Waals surface area (Å²) in [6, 6.07) is 6.65. The highest BCUT2D eigenvalue weighted by Gasteiger charge is 2.10. The number of aliphatic imine (C=N–C) groups is 1. The Labute approximate surface area is 165 Å². The number of hydrogen-bond acceptors (Lipinski definition) is 4. The quantitative estimate of drug-likeness (QED) is 0.386. The number of halogens is 1. The van der Waals surface area contributed by atoms with E-state index >= 15 is 0 Å². The van der Waals surface area contributed by atoms with Crippen molar-refractivity contribution >= 4 is 41.3 Å². The molecule has 0 aliphatic heterocycles. The van der Waals surface area contributed by atoms with Crippen LogP contribution in [-0.4, -0.2) is 24.2 Å². The van der Waals surface area contributed by atoms with Crippen molar-refractivity contribution in [1.29, 1.82) is 0 Å². The Bertz CT molecular complexity index is 651. The van der Waals surface area contributed by atoms with E-state index in [1.807, 2.05) is 17.4 Å². The van der Waals surface area contributed by atoms with Crippen LogP contribution in [0.5, 0.6) is 0 Å². The molecule has 2 aromatic heterocycles. The van der Waals surface area contributed by atoms with Crippen LogP contribution in [0, 0.1) is 6.92 Å². The SMILES string of the molecule is CN=C(NCc1cc(C(C)C)no1)NC(C)Cc1ccc(C)s1.I. The lowest BCUT2D eigenvalue weighted by Gasteiger charge is -2.16. The minimum absolute atomic E-state index is 0. The third-order valence-corrected chi connectivity index (χ3v) is 4.53. The van der Waals surface area contributed by atoms with Crippen molar-refractivity contribution in [2.75, 3.05) is 7.05 Å². The van der Waals surface area contributed by atoms with Crippen LogP contribution in [0.2, 0.25) is 0 Å². The van der Waals surface area contributed by atoms with Crippen LogP contribution in [0.25, 0.3) is 0 Å². The molecule has 0 amide bonds. The summed E-state index contributed by atoms with van der Waals surface area (Å²) in [6.45, 7) is 9.07.